The molecular weight excluding hydrogens is 478 g/mol. The Labute approximate surface area is 210 Å². The summed E-state index contributed by atoms with van der Waals surface area (Å²) in [5, 5.41) is 11.6. The summed E-state index contributed by atoms with van der Waals surface area (Å²) >= 11 is 7.33. The molecule has 1 N–H and O–H groups in total. The molecule has 0 heterocycles. The van der Waals surface area contributed by atoms with Gasteiger partial charge in [-0.15, -0.1) is 11.6 Å². The van der Waals surface area contributed by atoms with Crippen LogP contribution in [0.1, 0.15) is 72.6 Å². The number of carbonyl (C=O) groups excluding carboxylic acids is 3. The summed E-state index contributed by atoms with van der Waals surface area (Å²) in [6.07, 6.45) is 4.17. The molecular formula is C27H35ClF2O5. The van der Waals surface area contributed by atoms with Crippen molar-refractivity contribution in [3.05, 3.63) is 23.6 Å². The minimum atomic E-state index is -1.71. The number of fused-ring (bicyclic) bond motifs is 5. The zero-order valence-corrected chi connectivity index (χ0v) is 21.6. The predicted octanol–water partition coefficient (Wildman–Crippen LogP) is 5.18. The van der Waals surface area contributed by atoms with Crippen LogP contribution in [0.2, 0.25) is 0 Å². The number of Topliss-reactive ketones (excluding diaryl/α,β-unsaturated/α-hetero) is 1. The molecule has 3 saturated carbocycles. The molecule has 0 amide bonds. The summed E-state index contributed by atoms with van der Waals surface area (Å²) in [4.78, 5) is 36.8. The number of alkyl halides is 2. The first-order valence-corrected chi connectivity index (χ1v) is 13.0. The van der Waals surface area contributed by atoms with Gasteiger partial charge in [-0.2, -0.15) is 0 Å². The maximum Gasteiger partial charge on any atom is 0.306 e. The average molecular weight is 513 g/mol. The molecule has 0 aliphatic heterocycles. The van der Waals surface area contributed by atoms with Crippen LogP contribution in [-0.2, 0) is 19.1 Å². The predicted molar refractivity (Wildman–Crippen MR) is 127 cm³/mol. The van der Waals surface area contributed by atoms with Crippen LogP contribution in [0.4, 0.5) is 8.78 Å². The third-order valence-electron chi connectivity index (χ3n) is 9.82. The van der Waals surface area contributed by atoms with Gasteiger partial charge in [0.05, 0.1) is 11.0 Å². The molecule has 0 aromatic heterocycles. The van der Waals surface area contributed by atoms with E-state index in [0.29, 0.717) is 24.8 Å². The second-order valence-corrected chi connectivity index (χ2v) is 12.0. The van der Waals surface area contributed by atoms with E-state index in [4.69, 9.17) is 16.3 Å². The zero-order chi connectivity index (χ0) is 26.0. The molecule has 0 spiro atoms. The summed E-state index contributed by atoms with van der Waals surface area (Å²) < 4.78 is 34.9. The van der Waals surface area contributed by atoms with E-state index < -0.39 is 63.4 Å². The van der Waals surface area contributed by atoms with E-state index in [1.54, 1.807) is 26.8 Å². The summed E-state index contributed by atoms with van der Waals surface area (Å²) in [6, 6.07) is 0. The Morgan fingerprint density at radius 2 is 1.97 bits per heavy atom. The van der Waals surface area contributed by atoms with Gasteiger partial charge in [0.2, 0.25) is 11.6 Å². The van der Waals surface area contributed by atoms with E-state index in [-0.39, 0.29) is 31.1 Å². The fourth-order valence-electron chi connectivity index (χ4n) is 8.13. The topological polar surface area (TPSA) is 80.7 Å². The summed E-state index contributed by atoms with van der Waals surface area (Å²) in [7, 11) is 0. The quantitative estimate of drug-likeness (QED) is 0.392. The Kier molecular flexibility index (Phi) is 6.62. The highest BCUT2D eigenvalue weighted by atomic mass is 35.5. The van der Waals surface area contributed by atoms with Crippen LogP contribution in [0.15, 0.2) is 23.6 Å². The van der Waals surface area contributed by atoms with Crippen LogP contribution in [0.25, 0.3) is 0 Å². The van der Waals surface area contributed by atoms with Crippen molar-refractivity contribution >= 4 is 29.1 Å². The molecule has 4 aliphatic rings. The number of allylic oxidation sites excluding steroid dienone is 4. The van der Waals surface area contributed by atoms with Crippen molar-refractivity contribution < 1.29 is 33.0 Å². The second-order valence-electron chi connectivity index (χ2n) is 11.4. The van der Waals surface area contributed by atoms with Crippen molar-refractivity contribution in [3.63, 3.8) is 0 Å². The third kappa shape index (κ3) is 3.29. The lowest BCUT2D eigenvalue weighted by Crippen LogP contribution is -2.69. The van der Waals surface area contributed by atoms with E-state index in [1.165, 1.54) is 6.08 Å². The van der Waals surface area contributed by atoms with Crippen molar-refractivity contribution in [3.8, 4) is 0 Å². The summed E-state index contributed by atoms with van der Waals surface area (Å²) in [5.41, 5.74) is -3.57. The molecule has 0 bridgehead atoms. The number of esters is 1. The van der Waals surface area contributed by atoms with Crippen LogP contribution >= 0.6 is 11.6 Å². The zero-order valence-electron chi connectivity index (χ0n) is 20.8. The molecule has 1 unspecified atom stereocenters. The number of hydrogen-bond donors (Lipinski definition) is 1. The van der Waals surface area contributed by atoms with E-state index in [1.807, 2.05) is 6.92 Å². The largest absolute Gasteiger partial charge is 0.450 e. The SMILES string of the molecule is CCCCC(=O)O[C@@]1(C(=O)CF)C(C)C[C@H]2[C@@H]3CCC4=C(F)C(=O)C=C[C@]4(C)[C@@]3(Cl)[C@@H](O)C[C@@]21C. The smallest absolute Gasteiger partial charge is 0.306 e. The van der Waals surface area contributed by atoms with Crippen molar-refractivity contribution in [2.24, 2.45) is 28.6 Å². The Morgan fingerprint density at radius 3 is 2.60 bits per heavy atom. The second kappa shape index (κ2) is 8.76. The van der Waals surface area contributed by atoms with Crippen molar-refractivity contribution in [1.82, 2.24) is 0 Å². The number of carbonyl (C=O) groups is 3. The van der Waals surface area contributed by atoms with Gasteiger partial charge in [-0.3, -0.25) is 14.4 Å². The number of aliphatic hydroxyl groups is 1. The maximum absolute atomic E-state index is 14.9. The lowest BCUT2D eigenvalue weighted by atomic mass is 9.45. The lowest BCUT2D eigenvalue weighted by molar-refractivity contribution is -0.202. The average Bonchev–Trinajstić information content (AvgIpc) is 3.03. The van der Waals surface area contributed by atoms with Gasteiger partial charge < -0.3 is 9.84 Å². The van der Waals surface area contributed by atoms with Gasteiger partial charge in [0.1, 0.15) is 0 Å². The fourth-order valence-corrected chi connectivity index (χ4v) is 8.64. The first kappa shape index (κ1) is 26.5. The van der Waals surface area contributed by atoms with Crippen LogP contribution < -0.4 is 0 Å². The van der Waals surface area contributed by atoms with Crippen LogP contribution in [0, 0.1) is 28.6 Å². The highest BCUT2D eigenvalue weighted by Gasteiger charge is 2.76. The minimum Gasteiger partial charge on any atom is -0.450 e. The molecule has 3 fully saturated rings. The highest BCUT2D eigenvalue weighted by molar-refractivity contribution is 6.26. The van der Waals surface area contributed by atoms with Gasteiger partial charge in [-0.05, 0) is 55.6 Å². The molecule has 8 heteroatoms. The molecule has 35 heavy (non-hydrogen) atoms. The molecule has 0 radical (unpaired) electrons. The number of rotatable bonds is 6. The Hall–Kier alpha value is -1.60. The standard InChI is InChI=1S/C27H35ClF2O5/c1-5-6-7-22(34)35-27(21(33)14-29)15(2)12-18-16-8-9-17-23(30)19(31)10-11-24(17,3)26(16,28)20(32)13-25(18,27)4/h10-11,15-16,18,20,32H,5-9,12-14H2,1-4H3/t15?,16-,18-,20-,24-,25-,26-,27+/m0/s1. The van der Waals surface area contributed by atoms with Gasteiger partial charge >= 0.3 is 5.97 Å². The van der Waals surface area contributed by atoms with Crippen LogP contribution in [0.3, 0.4) is 0 Å². The highest BCUT2D eigenvalue weighted by Crippen LogP contribution is 2.72. The van der Waals surface area contributed by atoms with Gasteiger partial charge in [-0.1, -0.05) is 40.2 Å². The molecule has 5 nitrogen and oxygen atoms in total. The lowest BCUT2D eigenvalue weighted by Gasteiger charge is -2.64. The molecule has 0 aromatic rings. The molecule has 194 valence electrons. The van der Waals surface area contributed by atoms with Gasteiger partial charge in [0.25, 0.3) is 0 Å². The Morgan fingerprint density at radius 1 is 1.29 bits per heavy atom. The molecule has 0 saturated heterocycles. The molecule has 4 aliphatic carbocycles. The van der Waals surface area contributed by atoms with Crippen molar-refractivity contribution in [1.29, 1.82) is 0 Å². The fraction of sp³-hybridized carbons (Fsp3) is 0.741. The molecule has 4 rings (SSSR count). The first-order valence-electron chi connectivity index (χ1n) is 12.7. The van der Waals surface area contributed by atoms with E-state index in [9.17, 15) is 28.3 Å². The number of ketones is 2. The monoisotopic (exact) mass is 512 g/mol. The third-order valence-corrected chi connectivity index (χ3v) is 10.7. The first-order chi connectivity index (χ1) is 16.3. The van der Waals surface area contributed by atoms with Gasteiger partial charge in [0, 0.05) is 23.2 Å². The van der Waals surface area contributed by atoms with E-state index >= 15 is 0 Å². The van der Waals surface area contributed by atoms with Crippen molar-refractivity contribution in [2.45, 2.75) is 89.2 Å². The normalized spacial score (nSPS) is 44.5. The molecule has 8 atom stereocenters. The number of ether oxygens (including phenoxy) is 1. The maximum atomic E-state index is 14.9. The van der Waals surface area contributed by atoms with Gasteiger partial charge in [-0.25, -0.2) is 8.78 Å². The number of halogens is 3. The Bertz CT molecular complexity index is 1010. The summed E-state index contributed by atoms with van der Waals surface area (Å²) in [6.45, 7) is 6.00. The van der Waals surface area contributed by atoms with E-state index in [0.717, 1.165) is 6.42 Å². The number of unbranched alkanes of at least 4 members (excludes halogenated alkanes) is 1. The van der Waals surface area contributed by atoms with Crippen molar-refractivity contribution in [2.75, 3.05) is 6.67 Å². The summed E-state index contributed by atoms with van der Waals surface area (Å²) in [5.74, 6) is -3.98. The van der Waals surface area contributed by atoms with Crippen LogP contribution in [-0.4, -0.2) is 45.9 Å². The molecule has 0 aromatic carbocycles. The number of aliphatic hydroxyl groups excluding tert-OH is 1. The van der Waals surface area contributed by atoms with Gasteiger partial charge in [0.15, 0.2) is 18.1 Å². The minimum absolute atomic E-state index is 0.0128. The van der Waals surface area contributed by atoms with Crippen LogP contribution in [0.5, 0.6) is 0 Å². The number of hydrogen-bond acceptors (Lipinski definition) is 5. The van der Waals surface area contributed by atoms with E-state index in [2.05, 4.69) is 0 Å². The Balaban J connectivity index is 1.82.